The van der Waals surface area contributed by atoms with Crippen molar-refractivity contribution in [2.24, 2.45) is 5.92 Å². The van der Waals surface area contributed by atoms with Crippen molar-refractivity contribution in [3.8, 4) is 5.88 Å². The van der Waals surface area contributed by atoms with Crippen molar-refractivity contribution in [2.75, 3.05) is 12.5 Å². The number of amides is 1. The van der Waals surface area contributed by atoms with Gasteiger partial charge in [0, 0.05) is 18.2 Å². The number of carbonyl (C=O) groups excluding carboxylic acids is 1. The van der Waals surface area contributed by atoms with E-state index in [1.54, 1.807) is 12.3 Å². The van der Waals surface area contributed by atoms with Gasteiger partial charge in [-0.3, -0.25) is 15.6 Å². The Hall–Kier alpha value is -2.11. The number of methoxy groups -OCH3 is 1. The van der Waals surface area contributed by atoms with Crippen LogP contribution in [-0.2, 0) is 4.79 Å². The molecule has 1 amide bonds. The first-order chi connectivity index (χ1) is 8.79. The Morgan fingerprint density at radius 3 is 3.11 bits per heavy atom. The number of nitrogens with one attached hydrogen (secondary N) is 2. The zero-order chi connectivity index (χ0) is 12.8. The lowest BCUT2D eigenvalue weighted by molar-refractivity contribution is -0.124. The minimum atomic E-state index is -0.0363. The Bertz CT molecular complexity index is 447. The van der Waals surface area contributed by atoms with Crippen LogP contribution in [0.5, 0.6) is 5.88 Å². The number of rotatable bonds is 4. The van der Waals surface area contributed by atoms with Crippen LogP contribution in [0.25, 0.3) is 0 Å². The summed E-state index contributed by atoms with van der Waals surface area (Å²) in [5.41, 5.74) is 5.31. The molecule has 1 aliphatic carbocycles. The second kappa shape index (κ2) is 6.00. The topological polar surface area (TPSA) is 76.1 Å². The maximum absolute atomic E-state index is 11.8. The van der Waals surface area contributed by atoms with Crippen molar-refractivity contribution in [2.45, 2.75) is 19.3 Å². The van der Waals surface area contributed by atoms with Gasteiger partial charge in [-0.2, -0.15) is 4.98 Å². The average Bonchev–Trinajstić information content (AvgIpc) is 2.46. The number of aromatic nitrogens is 2. The number of allylic oxidation sites excluding steroid dienone is 2. The fraction of sp³-hybridized carbons (Fsp3) is 0.417. The summed E-state index contributed by atoms with van der Waals surface area (Å²) in [5.74, 6) is 0.746. The highest BCUT2D eigenvalue weighted by Crippen LogP contribution is 2.17. The molecule has 18 heavy (non-hydrogen) atoms. The maximum Gasteiger partial charge on any atom is 0.245 e. The van der Waals surface area contributed by atoms with Gasteiger partial charge in [-0.15, -0.1) is 0 Å². The Morgan fingerprint density at radius 2 is 2.39 bits per heavy atom. The summed E-state index contributed by atoms with van der Waals surface area (Å²) in [6.07, 6.45) is 8.31. The fourth-order valence-corrected chi connectivity index (χ4v) is 1.77. The largest absolute Gasteiger partial charge is 0.481 e. The summed E-state index contributed by atoms with van der Waals surface area (Å²) >= 11 is 0. The summed E-state index contributed by atoms with van der Waals surface area (Å²) in [5, 5.41) is 0. The standard InChI is InChI=1S/C12H16N4O2/c1-18-10-7-8-13-12(14-10)16-15-11(17)9-5-3-2-4-6-9/h2-3,7-9H,4-6H2,1H3,(H,15,17)(H,13,14,16)/t9-/m1/s1. The molecular weight excluding hydrogens is 232 g/mol. The van der Waals surface area contributed by atoms with E-state index in [0.29, 0.717) is 11.8 Å². The van der Waals surface area contributed by atoms with Gasteiger partial charge < -0.3 is 4.74 Å². The van der Waals surface area contributed by atoms with Gasteiger partial charge in [0.1, 0.15) is 0 Å². The number of carbonyl (C=O) groups is 1. The quantitative estimate of drug-likeness (QED) is 0.620. The molecule has 0 unspecified atom stereocenters. The van der Waals surface area contributed by atoms with Crippen molar-refractivity contribution < 1.29 is 9.53 Å². The van der Waals surface area contributed by atoms with Gasteiger partial charge in [-0.1, -0.05) is 12.2 Å². The molecule has 0 fully saturated rings. The molecule has 0 saturated heterocycles. The Balaban J connectivity index is 1.86. The van der Waals surface area contributed by atoms with Crippen molar-refractivity contribution in [3.63, 3.8) is 0 Å². The first-order valence-electron chi connectivity index (χ1n) is 5.87. The highest BCUT2D eigenvalue weighted by atomic mass is 16.5. The third-order valence-electron chi connectivity index (χ3n) is 2.78. The van der Waals surface area contributed by atoms with E-state index >= 15 is 0 Å². The van der Waals surface area contributed by atoms with Crippen molar-refractivity contribution in [1.82, 2.24) is 15.4 Å². The second-order valence-corrected chi connectivity index (χ2v) is 4.02. The first kappa shape index (κ1) is 12.3. The van der Waals surface area contributed by atoms with Gasteiger partial charge in [0.05, 0.1) is 7.11 Å². The minimum absolute atomic E-state index is 0.0214. The summed E-state index contributed by atoms with van der Waals surface area (Å²) < 4.78 is 4.97. The van der Waals surface area contributed by atoms with Crippen LogP contribution < -0.4 is 15.6 Å². The molecule has 1 aromatic rings. The number of hydrazine groups is 1. The Morgan fingerprint density at radius 1 is 1.50 bits per heavy atom. The van der Waals surface area contributed by atoms with Gasteiger partial charge >= 0.3 is 0 Å². The molecule has 0 aliphatic heterocycles. The van der Waals surface area contributed by atoms with Gasteiger partial charge in [-0.25, -0.2) is 4.98 Å². The van der Waals surface area contributed by atoms with E-state index < -0.39 is 0 Å². The van der Waals surface area contributed by atoms with E-state index in [-0.39, 0.29) is 11.8 Å². The normalized spacial score (nSPS) is 18.2. The predicted molar refractivity (Wildman–Crippen MR) is 66.8 cm³/mol. The molecule has 0 bridgehead atoms. The van der Waals surface area contributed by atoms with Crippen molar-refractivity contribution >= 4 is 11.9 Å². The number of anilines is 1. The van der Waals surface area contributed by atoms with E-state index in [4.69, 9.17) is 4.74 Å². The lowest BCUT2D eigenvalue weighted by atomic mass is 9.94. The molecule has 1 aromatic heterocycles. The minimum Gasteiger partial charge on any atom is -0.481 e. The fourth-order valence-electron chi connectivity index (χ4n) is 1.77. The molecular formula is C12H16N4O2. The van der Waals surface area contributed by atoms with Gasteiger partial charge in [0.15, 0.2) is 0 Å². The van der Waals surface area contributed by atoms with Crippen LogP contribution in [0.3, 0.4) is 0 Å². The van der Waals surface area contributed by atoms with Crippen LogP contribution in [0.4, 0.5) is 5.95 Å². The zero-order valence-electron chi connectivity index (χ0n) is 10.2. The predicted octanol–water partition coefficient (Wildman–Crippen LogP) is 1.28. The molecule has 1 atom stereocenters. The Labute approximate surface area is 105 Å². The molecule has 0 saturated carbocycles. The number of hydrogen-bond donors (Lipinski definition) is 2. The third kappa shape index (κ3) is 3.19. The SMILES string of the molecule is COc1ccnc(NNC(=O)[C@@H]2CC=CCC2)n1. The maximum atomic E-state index is 11.8. The van der Waals surface area contributed by atoms with E-state index in [2.05, 4.69) is 26.9 Å². The molecule has 1 aliphatic rings. The van der Waals surface area contributed by atoms with Crippen molar-refractivity contribution in [1.29, 1.82) is 0 Å². The molecule has 2 rings (SSSR count). The number of ether oxygens (including phenoxy) is 1. The number of hydrogen-bond acceptors (Lipinski definition) is 5. The lowest BCUT2D eigenvalue weighted by Crippen LogP contribution is -2.36. The van der Waals surface area contributed by atoms with Crippen LogP contribution in [0, 0.1) is 5.92 Å². The van der Waals surface area contributed by atoms with Crippen LogP contribution in [-0.4, -0.2) is 23.0 Å². The Kier molecular flexibility index (Phi) is 4.11. The highest BCUT2D eigenvalue weighted by molar-refractivity contribution is 5.79. The molecule has 6 nitrogen and oxygen atoms in total. The summed E-state index contributed by atoms with van der Waals surface area (Å²) in [7, 11) is 1.53. The van der Waals surface area contributed by atoms with E-state index in [9.17, 15) is 4.79 Å². The molecule has 0 radical (unpaired) electrons. The molecule has 1 heterocycles. The lowest BCUT2D eigenvalue weighted by Gasteiger charge is -2.17. The smallest absolute Gasteiger partial charge is 0.245 e. The second-order valence-electron chi connectivity index (χ2n) is 4.02. The van der Waals surface area contributed by atoms with Gasteiger partial charge in [-0.05, 0) is 19.3 Å². The zero-order valence-corrected chi connectivity index (χ0v) is 10.2. The molecule has 2 N–H and O–H groups in total. The van der Waals surface area contributed by atoms with E-state index in [0.717, 1.165) is 19.3 Å². The number of nitrogens with zero attached hydrogens (tertiary/aromatic N) is 2. The molecule has 96 valence electrons. The molecule has 0 aromatic carbocycles. The molecule has 6 heteroatoms. The van der Waals surface area contributed by atoms with Crippen LogP contribution in [0.1, 0.15) is 19.3 Å². The van der Waals surface area contributed by atoms with Crippen LogP contribution in [0.2, 0.25) is 0 Å². The summed E-state index contributed by atoms with van der Waals surface area (Å²) in [6.45, 7) is 0. The van der Waals surface area contributed by atoms with E-state index in [1.807, 2.05) is 6.08 Å². The average molecular weight is 248 g/mol. The van der Waals surface area contributed by atoms with E-state index in [1.165, 1.54) is 7.11 Å². The van der Waals surface area contributed by atoms with Gasteiger partial charge in [0.25, 0.3) is 0 Å². The monoisotopic (exact) mass is 248 g/mol. The highest BCUT2D eigenvalue weighted by Gasteiger charge is 2.18. The first-order valence-corrected chi connectivity index (χ1v) is 5.87. The van der Waals surface area contributed by atoms with Gasteiger partial charge in [0.2, 0.25) is 17.7 Å². The van der Waals surface area contributed by atoms with Crippen LogP contribution >= 0.6 is 0 Å². The van der Waals surface area contributed by atoms with Crippen molar-refractivity contribution in [3.05, 3.63) is 24.4 Å². The van der Waals surface area contributed by atoms with Crippen LogP contribution in [0.15, 0.2) is 24.4 Å². The molecule has 0 spiro atoms. The third-order valence-corrected chi connectivity index (χ3v) is 2.78. The summed E-state index contributed by atoms with van der Waals surface area (Å²) in [6, 6.07) is 1.64. The summed E-state index contributed by atoms with van der Waals surface area (Å²) in [4.78, 5) is 19.8.